The maximum atomic E-state index is 2.76. The summed E-state index contributed by atoms with van der Waals surface area (Å²) in [5.41, 5.74) is 18.1. The van der Waals surface area contributed by atoms with Gasteiger partial charge in [-0.05, 0) is 157 Å². The molecule has 2 aliphatic rings. The van der Waals surface area contributed by atoms with Crippen molar-refractivity contribution in [2.45, 2.75) is 39.0 Å². The second-order valence-corrected chi connectivity index (χ2v) is 23.9. The van der Waals surface area contributed by atoms with Crippen molar-refractivity contribution in [3.8, 4) is 33.6 Å². The van der Waals surface area contributed by atoms with Crippen LogP contribution in [-0.2, 0) is 6.42 Å². The summed E-state index contributed by atoms with van der Waals surface area (Å²) in [4.78, 5) is 0. The molecule has 19 rings (SSSR count). The lowest BCUT2D eigenvalue weighted by Gasteiger charge is -2.35. The number of nitrogens with zero attached hydrogens (tertiary/aromatic N) is 2. The van der Waals surface area contributed by atoms with Gasteiger partial charge in [0.05, 0.1) is 22.2 Å². The molecule has 0 atom stereocenters. The third-order valence-corrected chi connectivity index (χ3v) is 19.6. The summed E-state index contributed by atoms with van der Waals surface area (Å²) in [6, 6.07) is 93.6. The number of rotatable bonds is 7. The molecule has 0 bridgehead atoms. The highest BCUT2D eigenvalue weighted by Gasteiger charge is 2.43. The van der Waals surface area contributed by atoms with Crippen molar-refractivity contribution < 1.29 is 0 Å². The van der Waals surface area contributed by atoms with Crippen LogP contribution in [0.1, 0.15) is 38.2 Å². The molecule has 0 spiro atoms. The predicted molar refractivity (Wildman–Crippen MR) is 359 cm³/mol. The van der Waals surface area contributed by atoms with Crippen LogP contribution >= 0.6 is 0 Å². The zero-order valence-corrected chi connectivity index (χ0v) is 46.1. The lowest BCUT2D eigenvalue weighted by atomic mass is 9.34. The zero-order chi connectivity index (χ0) is 54.2. The smallest absolute Gasteiger partial charge is 0.252 e. The minimum absolute atomic E-state index is 0.120. The molecule has 15 aromatic carbocycles. The fraction of sp³-hybridized carbons (Fsp3) is 0.0750. The van der Waals surface area contributed by atoms with Crippen molar-refractivity contribution >= 4 is 153 Å². The first-order valence-electron chi connectivity index (χ1n) is 30.0. The number of hydrogen-bond acceptors (Lipinski definition) is 0. The molecule has 2 nitrogen and oxygen atoms in total. The van der Waals surface area contributed by atoms with Gasteiger partial charge >= 0.3 is 0 Å². The molecule has 2 aromatic heterocycles. The van der Waals surface area contributed by atoms with E-state index in [4.69, 9.17) is 0 Å². The van der Waals surface area contributed by atoms with Gasteiger partial charge in [-0.2, -0.15) is 0 Å². The van der Waals surface area contributed by atoms with Gasteiger partial charge in [0, 0.05) is 43.5 Å². The summed E-state index contributed by atoms with van der Waals surface area (Å²) < 4.78 is 5.49. The highest BCUT2D eigenvalue weighted by Crippen LogP contribution is 2.51. The lowest BCUT2D eigenvalue weighted by molar-refractivity contribution is 0.667. The van der Waals surface area contributed by atoms with E-state index in [1.807, 2.05) is 0 Å². The third kappa shape index (κ3) is 6.08. The number of fused-ring (bicyclic) bond motifs is 28. The Kier molecular flexibility index (Phi) is 9.40. The van der Waals surface area contributed by atoms with Crippen LogP contribution in [0.2, 0.25) is 0 Å². The fourth-order valence-electron chi connectivity index (χ4n) is 16.3. The minimum Gasteiger partial charge on any atom is -0.310 e. The van der Waals surface area contributed by atoms with Gasteiger partial charge in [-0.3, -0.25) is 0 Å². The van der Waals surface area contributed by atoms with Gasteiger partial charge in [0.1, 0.15) is 0 Å². The topological polar surface area (TPSA) is 9.86 Å². The van der Waals surface area contributed by atoms with Crippen LogP contribution in [0.4, 0.5) is 0 Å². The number of unbranched alkanes of at least 4 members (excludes halogenated alkanes) is 3. The molecule has 3 heteroatoms. The molecular weight excluding hydrogens is 1000 g/mol. The first-order valence-corrected chi connectivity index (χ1v) is 30.0. The van der Waals surface area contributed by atoms with E-state index < -0.39 is 0 Å². The normalized spacial score (nSPS) is 12.9. The Labute approximate surface area is 480 Å². The molecule has 0 saturated heterocycles. The van der Waals surface area contributed by atoms with Crippen LogP contribution in [0.5, 0.6) is 0 Å². The monoisotopic (exact) mass is 1050 g/mol. The van der Waals surface area contributed by atoms with Crippen molar-refractivity contribution in [2.24, 2.45) is 0 Å². The number of benzene rings is 15. The SMILES string of the molecule is CCCCCCc1ccc2c(c1)c1ccccc1c1cc3c4c(c21)-n1c2ccc5ccccc5c2c2c5ccccc5cc(c21)B4c1cc(-c2ccccc2-c2ccccc2)cc2c4c5c6ccccc6c6ccccc6c5ccc4n-3c12. The fourth-order valence-corrected chi connectivity index (χ4v) is 16.3. The van der Waals surface area contributed by atoms with E-state index >= 15 is 0 Å². The average molecular weight is 1050 g/mol. The van der Waals surface area contributed by atoms with Crippen molar-refractivity contribution in [1.29, 1.82) is 0 Å². The molecule has 0 amide bonds. The molecule has 17 aromatic rings. The summed E-state index contributed by atoms with van der Waals surface area (Å²) in [5.74, 6) is 0. The summed E-state index contributed by atoms with van der Waals surface area (Å²) >= 11 is 0. The van der Waals surface area contributed by atoms with Crippen LogP contribution in [0.15, 0.2) is 243 Å². The average Bonchev–Trinajstić information content (AvgIpc) is 1.68. The van der Waals surface area contributed by atoms with Gasteiger partial charge < -0.3 is 9.13 Å². The van der Waals surface area contributed by atoms with Crippen molar-refractivity contribution in [3.05, 3.63) is 248 Å². The van der Waals surface area contributed by atoms with Crippen molar-refractivity contribution in [1.82, 2.24) is 9.13 Å². The largest absolute Gasteiger partial charge is 0.310 e. The molecule has 0 radical (unpaired) electrons. The summed E-state index contributed by atoms with van der Waals surface area (Å²) in [6.45, 7) is 2.19. The zero-order valence-electron chi connectivity index (χ0n) is 46.1. The van der Waals surface area contributed by atoms with Crippen LogP contribution in [-0.4, -0.2) is 15.8 Å². The number of aryl methyl sites for hydroxylation is 1. The highest BCUT2D eigenvalue weighted by molar-refractivity contribution is 7.01. The van der Waals surface area contributed by atoms with E-state index in [1.54, 1.807) is 0 Å². The van der Waals surface area contributed by atoms with Gasteiger partial charge in [0.25, 0.3) is 6.71 Å². The first-order chi connectivity index (χ1) is 41.2. The molecular formula is C80H53BN2. The summed E-state index contributed by atoms with van der Waals surface area (Å²) in [7, 11) is 0. The predicted octanol–water partition coefficient (Wildman–Crippen LogP) is 19.7. The quantitative estimate of drug-likeness (QED) is 0.0855. The summed E-state index contributed by atoms with van der Waals surface area (Å²) in [6.07, 6.45) is 6.06. The first kappa shape index (κ1) is 45.7. The maximum Gasteiger partial charge on any atom is 0.252 e. The molecule has 0 unspecified atom stereocenters. The van der Waals surface area contributed by atoms with E-state index in [1.165, 1.54) is 211 Å². The molecule has 4 heterocycles. The van der Waals surface area contributed by atoms with E-state index in [2.05, 4.69) is 259 Å². The van der Waals surface area contributed by atoms with Crippen molar-refractivity contribution in [3.63, 3.8) is 0 Å². The Morgan fingerprint density at radius 1 is 0.325 bits per heavy atom. The Hall–Kier alpha value is -9.96. The molecule has 0 saturated carbocycles. The molecule has 0 fully saturated rings. The Morgan fingerprint density at radius 3 is 1.64 bits per heavy atom. The summed E-state index contributed by atoms with van der Waals surface area (Å²) in [5, 5.41) is 26.0. The van der Waals surface area contributed by atoms with Crippen LogP contribution in [0, 0.1) is 0 Å². The number of hydrogen-bond donors (Lipinski definition) is 0. The van der Waals surface area contributed by atoms with E-state index in [9.17, 15) is 0 Å². The molecule has 83 heavy (non-hydrogen) atoms. The van der Waals surface area contributed by atoms with Gasteiger partial charge in [-0.15, -0.1) is 0 Å². The molecule has 0 N–H and O–H groups in total. The Bertz CT molecular complexity index is 5710. The van der Waals surface area contributed by atoms with Gasteiger partial charge in [0.2, 0.25) is 0 Å². The number of aromatic nitrogens is 2. The van der Waals surface area contributed by atoms with Gasteiger partial charge in [0.15, 0.2) is 0 Å². The highest BCUT2D eigenvalue weighted by atomic mass is 15.0. The van der Waals surface area contributed by atoms with Crippen LogP contribution in [0.25, 0.3) is 163 Å². The Balaban J connectivity index is 1.07. The second-order valence-electron chi connectivity index (χ2n) is 23.9. The third-order valence-electron chi connectivity index (χ3n) is 19.6. The van der Waals surface area contributed by atoms with Crippen LogP contribution in [0.3, 0.4) is 0 Å². The van der Waals surface area contributed by atoms with Crippen LogP contribution < -0.4 is 16.4 Å². The Morgan fingerprint density at radius 2 is 0.880 bits per heavy atom. The van der Waals surface area contributed by atoms with Gasteiger partial charge in [-0.25, -0.2) is 0 Å². The molecule has 386 valence electrons. The second kappa shape index (κ2) is 17.0. The molecule has 0 aliphatic carbocycles. The van der Waals surface area contributed by atoms with E-state index in [0.717, 1.165) is 6.42 Å². The van der Waals surface area contributed by atoms with Gasteiger partial charge in [-0.1, -0.05) is 245 Å². The van der Waals surface area contributed by atoms with E-state index in [0.29, 0.717) is 0 Å². The minimum atomic E-state index is -0.120. The standard InChI is InChI=1S/C80H53BN2/c1-2-3-4-6-21-47-36-38-63-64(42-47)59-33-17-18-34-60(59)65-46-71-77-80(73(63)65)83-70-40-37-49-24-9-11-28-54(49)74(70)76-55-29-12-10-25-50(55)44-68(79(76)83)81(77)67-45-51(53-27-14-13-26-52(53)48-22-7-5-8-23-48)43-66-75-69(82(71)78(66)67)41-39-62-58-32-16-15-30-56(58)57-31-19-20-35-61(57)72(62)75/h5,7-20,22-46H,2-4,6,21H2,1H3. The molecule has 2 aliphatic heterocycles. The lowest BCUT2D eigenvalue weighted by Crippen LogP contribution is -2.59. The van der Waals surface area contributed by atoms with E-state index in [-0.39, 0.29) is 6.71 Å². The maximum absolute atomic E-state index is 2.76. The van der Waals surface area contributed by atoms with Crippen molar-refractivity contribution in [2.75, 3.05) is 0 Å².